The van der Waals surface area contributed by atoms with E-state index >= 15 is 0 Å². The lowest BCUT2D eigenvalue weighted by atomic mass is 10.1. The molecule has 0 aliphatic heterocycles. The van der Waals surface area contributed by atoms with Gasteiger partial charge in [-0.05, 0) is 31.4 Å². The number of halogens is 1. The Morgan fingerprint density at radius 1 is 1.50 bits per heavy atom. The highest BCUT2D eigenvalue weighted by atomic mass is 79.9. The van der Waals surface area contributed by atoms with E-state index in [0.717, 1.165) is 28.6 Å². The van der Waals surface area contributed by atoms with Gasteiger partial charge in [0.15, 0.2) is 0 Å². The van der Waals surface area contributed by atoms with E-state index in [0.29, 0.717) is 12.2 Å². The van der Waals surface area contributed by atoms with Crippen molar-refractivity contribution in [3.63, 3.8) is 0 Å². The molecule has 0 aromatic heterocycles. The molecule has 0 aliphatic carbocycles. The molecule has 0 heterocycles. The maximum absolute atomic E-state index is 11.6. The number of benzene rings is 1. The number of ether oxygens (including phenoxy) is 1. The number of alkyl halides is 1. The summed E-state index contributed by atoms with van der Waals surface area (Å²) in [6.45, 7) is 2.18. The van der Waals surface area contributed by atoms with Crippen LogP contribution >= 0.6 is 28.6 Å². The summed E-state index contributed by atoms with van der Waals surface area (Å²) in [5, 5.41) is 0.948. The summed E-state index contributed by atoms with van der Waals surface area (Å²) in [7, 11) is 0. The summed E-state index contributed by atoms with van der Waals surface area (Å²) in [5.41, 5.74) is 1.64. The Balaban J connectivity index is 2.89. The fraction of sp³-hybridized carbons (Fsp3) is 0.417. The van der Waals surface area contributed by atoms with E-state index in [1.165, 1.54) is 0 Å². The van der Waals surface area contributed by atoms with Gasteiger partial charge in [-0.3, -0.25) is 0 Å². The number of esters is 1. The van der Waals surface area contributed by atoms with Gasteiger partial charge in [-0.1, -0.05) is 28.1 Å². The SMILES string of the molecule is CCOC(=O)c1cccc(CCCBr)c1S. The summed E-state index contributed by atoms with van der Waals surface area (Å²) >= 11 is 7.79. The Kier molecular flexibility index (Phi) is 5.91. The highest BCUT2D eigenvalue weighted by Crippen LogP contribution is 2.21. The van der Waals surface area contributed by atoms with Gasteiger partial charge in [0, 0.05) is 10.2 Å². The predicted molar refractivity (Wildman–Crippen MR) is 71.8 cm³/mol. The Morgan fingerprint density at radius 2 is 2.25 bits per heavy atom. The van der Waals surface area contributed by atoms with Gasteiger partial charge in [-0.15, -0.1) is 12.6 Å². The van der Waals surface area contributed by atoms with E-state index < -0.39 is 0 Å². The standard InChI is InChI=1S/C12H15BrO2S/c1-2-15-12(14)10-7-3-5-9(11(10)16)6-4-8-13/h3,5,7,16H,2,4,6,8H2,1H3. The van der Waals surface area contributed by atoms with Crippen molar-refractivity contribution in [3.05, 3.63) is 29.3 Å². The van der Waals surface area contributed by atoms with E-state index in [4.69, 9.17) is 4.74 Å². The van der Waals surface area contributed by atoms with E-state index in [1.54, 1.807) is 13.0 Å². The summed E-state index contributed by atoms with van der Waals surface area (Å²) in [4.78, 5) is 12.3. The third-order valence-corrected chi connectivity index (χ3v) is 3.28. The maximum atomic E-state index is 11.6. The van der Waals surface area contributed by atoms with E-state index in [2.05, 4.69) is 28.6 Å². The molecule has 0 spiro atoms. The van der Waals surface area contributed by atoms with Crippen molar-refractivity contribution < 1.29 is 9.53 Å². The fourth-order valence-corrected chi connectivity index (χ4v) is 2.06. The number of carbonyl (C=O) groups is 1. The molecule has 0 atom stereocenters. The second-order valence-corrected chi connectivity index (χ2v) is 4.57. The minimum absolute atomic E-state index is 0.298. The number of carbonyl (C=O) groups excluding carboxylic acids is 1. The number of thiol groups is 1. The van der Waals surface area contributed by atoms with Gasteiger partial charge in [-0.2, -0.15) is 0 Å². The van der Waals surface area contributed by atoms with Crippen LogP contribution in [0.2, 0.25) is 0 Å². The molecule has 2 nitrogen and oxygen atoms in total. The molecule has 0 bridgehead atoms. The average molecular weight is 303 g/mol. The van der Waals surface area contributed by atoms with Gasteiger partial charge in [0.05, 0.1) is 12.2 Å². The van der Waals surface area contributed by atoms with Crippen molar-refractivity contribution in [2.75, 3.05) is 11.9 Å². The Bertz CT molecular complexity index is 366. The van der Waals surface area contributed by atoms with Crippen LogP contribution in [0.1, 0.15) is 29.3 Å². The second kappa shape index (κ2) is 6.97. The summed E-state index contributed by atoms with van der Waals surface area (Å²) in [6.07, 6.45) is 1.94. The third-order valence-electron chi connectivity index (χ3n) is 2.19. The molecule has 0 saturated carbocycles. The molecule has 0 unspecified atom stereocenters. The van der Waals surface area contributed by atoms with E-state index in [9.17, 15) is 4.79 Å². The van der Waals surface area contributed by atoms with Crippen molar-refractivity contribution in [1.82, 2.24) is 0 Å². The molecular weight excluding hydrogens is 288 g/mol. The second-order valence-electron chi connectivity index (χ2n) is 3.33. The number of hydrogen-bond donors (Lipinski definition) is 1. The maximum Gasteiger partial charge on any atom is 0.339 e. The van der Waals surface area contributed by atoms with Crippen LogP contribution in [0.15, 0.2) is 23.1 Å². The first-order valence-electron chi connectivity index (χ1n) is 5.24. The van der Waals surface area contributed by atoms with Gasteiger partial charge >= 0.3 is 5.97 Å². The smallest absolute Gasteiger partial charge is 0.339 e. The minimum Gasteiger partial charge on any atom is -0.462 e. The van der Waals surface area contributed by atoms with Crippen molar-refractivity contribution in [3.8, 4) is 0 Å². The molecule has 0 amide bonds. The van der Waals surface area contributed by atoms with Crippen LogP contribution in [0.25, 0.3) is 0 Å². The monoisotopic (exact) mass is 302 g/mol. The lowest BCUT2D eigenvalue weighted by molar-refractivity contribution is 0.0522. The average Bonchev–Trinajstić information content (AvgIpc) is 2.28. The molecule has 1 rings (SSSR count). The quantitative estimate of drug-likeness (QED) is 0.512. The van der Waals surface area contributed by atoms with Crippen molar-refractivity contribution >= 4 is 34.5 Å². The normalized spacial score (nSPS) is 10.2. The van der Waals surface area contributed by atoms with Crippen LogP contribution in [0, 0.1) is 0 Å². The van der Waals surface area contributed by atoms with Crippen LogP contribution < -0.4 is 0 Å². The van der Waals surface area contributed by atoms with Crippen LogP contribution in [-0.4, -0.2) is 17.9 Å². The molecule has 88 valence electrons. The Hall–Kier alpha value is -0.480. The molecule has 4 heteroatoms. The first-order chi connectivity index (χ1) is 7.70. The molecule has 0 fully saturated rings. The number of aryl methyl sites for hydroxylation is 1. The molecule has 0 radical (unpaired) electrons. The van der Waals surface area contributed by atoms with Crippen LogP contribution in [0.3, 0.4) is 0 Å². The molecule has 1 aromatic carbocycles. The first kappa shape index (κ1) is 13.6. The first-order valence-corrected chi connectivity index (χ1v) is 6.81. The van der Waals surface area contributed by atoms with Crippen LogP contribution in [-0.2, 0) is 11.2 Å². The highest BCUT2D eigenvalue weighted by molar-refractivity contribution is 9.09. The van der Waals surface area contributed by atoms with Crippen LogP contribution in [0.5, 0.6) is 0 Å². The predicted octanol–water partition coefficient (Wildman–Crippen LogP) is 3.48. The minimum atomic E-state index is -0.298. The largest absolute Gasteiger partial charge is 0.462 e. The lowest BCUT2D eigenvalue weighted by Crippen LogP contribution is -2.07. The van der Waals surface area contributed by atoms with E-state index in [-0.39, 0.29) is 5.97 Å². The summed E-state index contributed by atoms with van der Waals surface area (Å²) in [5.74, 6) is -0.298. The van der Waals surface area contributed by atoms with Gasteiger partial charge in [0.25, 0.3) is 0 Å². The molecule has 0 N–H and O–H groups in total. The van der Waals surface area contributed by atoms with Gasteiger partial charge in [0.1, 0.15) is 0 Å². The van der Waals surface area contributed by atoms with Gasteiger partial charge in [-0.25, -0.2) is 4.79 Å². The number of hydrogen-bond acceptors (Lipinski definition) is 3. The zero-order valence-electron chi connectivity index (χ0n) is 9.20. The Morgan fingerprint density at radius 3 is 2.88 bits per heavy atom. The summed E-state index contributed by atoms with van der Waals surface area (Å²) in [6, 6.07) is 5.61. The Labute approximate surface area is 110 Å². The van der Waals surface area contributed by atoms with Crippen LogP contribution in [0.4, 0.5) is 0 Å². The fourth-order valence-electron chi connectivity index (χ4n) is 1.42. The zero-order valence-corrected chi connectivity index (χ0v) is 11.7. The number of rotatable bonds is 5. The van der Waals surface area contributed by atoms with E-state index in [1.807, 2.05) is 12.1 Å². The topological polar surface area (TPSA) is 26.3 Å². The zero-order chi connectivity index (χ0) is 12.0. The van der Waals surface area contributed by atoms with Gasteiger partial charge < -0.3 is 4.74 Å². The van der Waals surface area contributed by atoms with Crippen molar-refractivity contribution in [2.45, 2.75) is 24.7 Å². The van der Waals surface area contributed by atoms with Crippen molar-refractivity contribution in [1.29, 1.82) is 0 Å². The highest BCUT2D eigenvalue weighted by Gasteiger charge is 2.12. The molecule has 0 aliphatic rings. The lowest BCUT2D eigenvalue weighted by Gasteiger charge is -2.09. The van der Waals surface area contributed by atoms with Gasteiger partial charge in [0.2, 0.25) is 0 Å². The van der Waals surface area contributed by atoms with Crippen molar-refractivity contribution in [2.24, 2.45) is 0 Å². The molecular formula is C12H15BrO2S. The molecule has 0 saturated heterocycles. The third kappa shape index (κ3) is 3.52. The molecule has 1 aromatic rings. The molecule has 16 heavy (non-hydrogen) atoms. The summed E-state index contributed by atoms with van der Waals surface area (Å²) < 4.78 is 4.97.